The van der Waals surface area contributed by atoms with Crippen LogP contribution in [0.4, 0.5) is 0 Å². The van der Waals surface area contributed by atoms with Crippen LogP contribution in [0, 0.1) is 0 Å². The van der Waals surface area contributed by atoms with E-state index in [2.05, 4.69) is 6.92 Å². The molecule has 0 unspecified atom stereocenters. The second-order valence-electron chi connectivity index (χ2n) is 6.09. The molecule has 0 fully saturated rings. The highest BCUT2D eigenvalue weighted by Gasteiger charge is 2.08. The fraction of sp³-hybridized carbons (Fsp3) is 0.889. The molecule has 0 bridgehead atoms. The van der Waals surface area contributed by atoms with Gasteiger partial charge in [0.25, 0.3) is 0 Å². The Kier molecular flexibility index (Phi) is 15.7. The van der Waals surface area contributed by atoms with Crippen molar-refractivity contribution < 1.29 is 10.2 Å². The first kappa shape index (κ1) is 20.6. The van der Waals surface area contributed by atoms with E-state index >= 15 is 0 Å². The van der Waals surface area contributed by atoms with Gasteiger partial charge in [0.05, 0.1) is 18.8 Å². The van der Waals surface area contributed by atoms with Gasteiger partial charge >= 0.3 is 0 Å². The Morgan fingerprint density at radius 2 is 1.33 bits per heavy atom. The Morgan fingerprint density at radius 1 is 0.857 bits per heavy atom. The molecule has 0 saturated heterocycles. The van der Waals surface area contributed by atoms with Crippen molar-refractivity contribution in [1.29, 1.82) is 0 Å². The Hall–Kier alpha value is -0.380. The van der Waals surface area contributed by atoms with Crippen LogP contribution in [0.2, 0.25) is 0 Å². The summed E-state index contributed by atoms with van der Waals surface area (Å²) in [6.45, 7) is 2.08. The van der Waals surface area contributed by atoms with Crippen LogP contribution < -0.4 is 5.73 Å². The molecule has 0 aromatic heterocycles. The predicted octanol–water partition coefficient (Wildman–Crippen LogP) is 3.92. The zero-order chi connectivity index (χ0) is 15.8. The first-order valence-corrected chi connectivity index (χ1v) is 8.93. The van der Waals surface area contributed by atoms with Crippen molar-refractivity contribution in [3.63, 3.8) is 0 Å². The van der Waals surface area contributed by atoms with Crippen molar-refractivity contribution in [1.82, 2.24) is 0 Å². The van der Waals surface area contributed by atoms with Crippen LogP contribution in [0.25, 0.3) is 0 Å². The molecule has 0 spiro atoms. The van der Waals surface area contributed by atoms with Crippen molar-refractivity contribution in [3.05, 3.63) is 12.2 Å². The number of aliphatic hydroxyl groups is 2. The molecule has 0 aliphatic heterocycles. The third-order valence-corrected chi connectivity index (χ3v) is 3.96. The van der Waals surface area contributed by atoms with E-state index in [0.29, 0.717) is 0 Å². The van der Waals surface area contributed by atoms with E-state index < -0.39 is 12.1 Å². The van der Waals surface area contributed by atoms with E-state index in [1.807, 2.05) is 6.08 Å². The highest BCUT2D eigenvalue weighted by Crippen LogP contribution is 2.12. The summed E-state index contributed by atoms with van der Waals surface area (Å²) in [4.78, 5) is 0. The molecule has 0 rings (SSSR count). The fourth-order valence-electron chi connectivity index (χ4n) is 2.41. The van der Waals surface area contributed by atoms with Gasteiger partial charge in [0.1, 0.15) is 0 Å². The Bertz CT molecular complexity index is 231. The van der Waals surface area contributed by atoms with Crippen molar-refractivity contribution in [2.24, 2.45) is 5.73 Å². The summed E-state index contributed by atoms with van der Waals surface area (Å²) >= 11 is 0. The zero-order valence-corrected chi connectivity index (χ0v) is 14.0. The van der Waals surface area contributed by atoms with Gasteiger partial charge in [-0.2, -0.15) is 0 Å². The van der Waals surface area contributed by atoms with Crippen molar-refractivity contribution >= 4 is 0 Å². The third-order valence-electron chi connectivity index (χ3n) is 3.96. The lowest BCUT2D eigenvalue weighted by molar-refractivity contribution is 0.144. The molecule has 2 atom stereocenters. The standard InChI is InChI=1S/C18H37NO2/c1-2-3-4-5-6-7-8-9-10-11-12-13-14-15-18(21)17(19)16-20/h14-15,17-18,20-21H,2-13,16,19H2,1H3/b15-14+/t17-,18+/m1/s1. The monoisotopic (exact) mass is 299 g/mol. The molecule has 0 amide bonds. The summed E-state index contributed by atoms with van der Waals surface area (Å²) in [6, 6.07) is -0.557. The van der Waals surface area contributed by atoms with Crippen LogP contribution in [0.15, 0.2) is 12.2 Å². The summed E-state index contributed by atoms with van der Waals surface area (Å²) < 4.78 is 0. The smallest absolute Gasteiger partial charge is 0.0894 e. The summed E-state index contributed by atoms with van der Waals surface area (Å²) in [7, 11) is 0. The molecule has 0 heterocycles. The van der Waals surface area contributed by atoms with Gasteiger partial charge in [0.15, 0.2) is 0 Å². The maximum atomic E-state index is 9.52. The quantitative estimate of drug-likeness (QED) is 0.317. The van der Waals surface area contributed by atoms with E-state index in [4.69, 9.17) is 10.8 Å². The summed E-state index contributed by atoms with van der Waals surface area (Å²) in [6.07, 6.45) is 18.8. The molecule has 0 saturated carbocycles. The third kappa shape index (κ3) is 14.3. The largest absolute Gasteiger partial charge is 0.395 e. The van der Waals surface area contributed by atoms with Crippen LogP contribution in [0.1, 0.15) is 84.0 Å². The van der Waals surface area contributed by atoms with E-state index in [0.717, 1.165) is 6.42 Å². The lowest BCUT2D eigenvalue weighted by Crippen LogP contribution is -2.36. The minimum absolute atomic E-state index is 0.177. The Morgan fingerprint density at radius 3 is 1.81 bits per heavy atom. The summed E-state index contributed by atoms with van der Waals surface area (Å²) in [5, 5.41) is 18.3. The Labute approximate surface area is 131 Å². The molecule has 0 radical (unpaired) electrons. The molecule has 3 nitrogen and oxygen atoms in total. The highest BCUT2D eigenvalue weighted by molar-refractivity contribution is 4.93. The zero-order valence-electron chi connectivity index (χ0n) is 14.0. The van der Waals surface area contributed by atoms with Gasteiger partial charge in [0, 0.05) is 0 Å². The lowest BCUT2D eigenvalue weighted by atomic mass is 10.0. The van der Waals surface area contributed by atoms with E-state index in [1.54, 1.807) is 6.08 Å². The van der Waals surface area contributed by atoms with E-state index in [1.165, 1.54) is 70.6 Å². The number of unbranched alkanes of at least 4 members (excludes halogenated alkanes) is 11. The average molecular weight is 299 g/mol. The molecular weight excluding hydrogens is 262 g/mol. The first-order chi connectivity index (χ1) is 10.2. The molecule has 21 heavy (non-hydrogen) atoms. The van der Waals surface area contributed by atoms with Gasteiger partial charge in [0.2, 0.25) is 0 Å². The van der Waals surface area contributed by atoms with E-state index in [-0.39, 0.29) is 6.61 Å². The number of hydrogen-bond acceptors (Lipinski definition) is 3. The van der Waals surface area contributed by atoms with Crippen LogP contribution in [-0.2, 0) is 0 Å². The van der Waals surface area contributed by atoms with Gasteiger partial charge in [-0.3, -0.25) is 0 Å². The highest BCUT2D eigenvalue weighted by atomic mass is 16.3. The molecule has 0 aliphatic rings. The van der Waals surface area contributed by atoms with Gasteiger partial charge < -0.3 is 15.9 Å². The molecule has 4 N–H and O–H groups in total. The number of aliphatic hydroxyl groups excluding tert-OH is 2. The lowest BCUT2D eigenvalue weighted by Gasteiger charge is -2.11. The predicted molar refractivity (Wildman–Crippen MR) is 91.3 cm³/mol. The van der Waals surface area contributed by atoms with E-state index in [9.17, 15) is 5.11 Å². The van der Waals surface area contributed by atoms with Gasteiger partial charge in [-0.05, 0) is 12.8 Å². The maximum absolute atomic E-state index is 9.52. The first-order valence-electron chi connectivity index (χ1n) is 8.93. The SMILES string of the molecule is CCCCCCCCCCCCC/C=C/[C@H](O)[C@H](N)CO. The minimum atomic E-state index is -0.720. The molecular formula is C18H37NO2. The number of allylic oxidation sites excluding steroid dienone is 1. The molecule has 0 aromatic rings. The maximum Gasteiger partial charge on any atom is 0.0894 e. The molecule has 3 heteroatoms. The number of hydrogen-bond donors (Lipinski definition) is 3. The second kappa shape index (κ2) is 16.0. The van der Waals surface area contributed by atoms with Crippen LogP contribution in [-0.4, -0.2) is 29.0 Å². The topological polar surface area (TPSA) is 66.5 Å². The summed E-state index contributed by atoms with van der Waals surface area (Å²) in [5.41, 5.74) is 5.51. The molecule has 0 aromatic carbocycles. The fourth-order valence-corrected chi connectivity index (χ4v) is 2.41. The average Bonchev–Trinajstić information content (AvgIpc) is 2.50. The van der Waals surface area contributed by atoms with Crippen LogP contribution in [0.3, 0.4) is 0 Å². The Balaban J connectivity index is 3.20. The van der Waals surface area contributed by atoms with Crippen molar-refractivity contribution in [2.45, 2.75) is 96.1 Å². The van der Waals surface area contributed by atoms with Crippen molar-refractivity contribution in [2.75, 3.05) is 6.61 Å². The molecule has 126 valence electrons. The minimum Gasteiger partial charge on any atom is -0.395 e. The van der Waals surface area contributed by atoms with Crippen LogP contribution >= 0.6 is 0 Å². The number of rotatable bonds is 15. The summed E-state index contributed by atoms with van der Waals surface area (Å²) in [5.74, 6) is 0. The second-order valence-corrected chi connectivity index (χ2v) is 6.09. The van der Waals surface area contributed by atoms with Crippen LogP contribution in [0.5, 0.6) is 0 Å². The van der Waals surface area contributed by atoms with Gasteiger partial charge in [-0.25, -0.2) is 0 Å². The normalized spacial score (nSPS) is 14.7. The number of nitrogens with two attached hydrogens (primary N) is 1. The van der Waals surface area contributed by atoms with Gasteiger partial charge in [-0.1, -0.05) is 83.3 Å². The molecule has 0 aliphatic carbocycles. The van der Waals surface area contributed by atoms with Crippen molar-refractivity contribution in [3.8, 4) is 0 Å². The van der Waals surface area contributed by atoms with Gasteiger partial charge in [-0.15, -0.1) is 0 Å².